The zero-order chi connectivity index (χ0) is 31.9. The maximum Gasteiger partial charge on any atom is 0.223 e. The van der Waals surface area contributed by atoms with Gasteiger partial charge in [-0.25, -0.2) is 0 Å². The Morgan fingerprint density at radius 2 is 1.67 bits per heavy atom. The topological polar surface area (TPSA) is 108 Å². The van der Waals surface area contributed by atoms with Crippen molar-refractivity contribution in [1.29, 1.82) is 0 Å². The van der Waals surface area contributed by atoms with Gasteiger partial charge in [-0.2, -0.15) is 0 Å². The summed E-state index contributed by atoms with van der Waals surface area (Å²) < 4.78 is 18.7. The smallest absolute Gasteiger partial charge is 0.223 e. The van der Waals surface area contributed by atoms with Crippen LogP contribution in [0.2, 0.25) is 0 Å². The van der Waals surface area contributed by atoms with Crippen molar-refractivity contribution in [3.8, 4) is 0 Å². The van der Waals surface area contributed by atoms with Gasteiger partial charge in [-0.05, 0) is 121 Å². The van der Waals surface area contributed by atoms with E-state index in [1.54, 1.807) is 0 Å². The molecule has 10 heteroatoms. The number of likely N-dealkylation sites (tertiary alicyclic amines) is 2. The molecule has 6 fully saturated rings. The third-order valence-electron chi connectivity index (χ3n) is 12.6. The molecular weight excluding hydrogens is 582 g/mol. The maximum atomic E-state index is 13.0. The minimum Gasteiger partial charge on any atom is -0.390 e. The molecule has 4 saturated heterocycles. The highest BCUT2D eigenvalue weighted by atomic mass is 16.6. The van der Waals surface area contributed by atoms with Crippen molar-refractivity contribution >= 4 is 5.91 Å². The molecule has 46 heavy (non-hydrogen) atoms. The summed E-state index contributed by atoms with van der Waals surface area (Å²) in [5, 5.41) is 20.7. The number of β-amino-alcohol motifs (C(OH)–C–C–N with tert-alkyl or cyclic N) is 1. The van der Waals surface area contributed by atoms with Gasteiger partial charge in [0.1, 0.15) is 0 Å². The average molecular weight is 648 g/mol. The van der Waals surface area contributed by atoms with Gasteiger partial charge in [0.25, 0.3) is 0 Å². The Morgan fingerprint density at radius 1 is 0.935 bits per heavy atom. The second kappa shape index (κ2) is 17.2. The molecule has 1 amide bonds. The molecule has 264 valence electrons. The molecule has 0 spiro atoms. The third-order valence-corrected chi connectivity index (χ3v) is 12.6. The molecule has 6 unspecified atom stereocenters. The Morgan fingerprint density at radius 3 is 2.41 bits per heavy atom. The number of carbonyl (C=O) groups excluding carboxylic acids is 1. The van der Waals surface area contributed by atoms with E-state index in [0.717, 1.165) is 83.5 Å². The lowest BCUT2D eigenvalue weighted by atomic mass is 9.68. The molecule has 6 aliphatic rings. The van der Waals surface area contributed by atoms with E-state index in [-0.39, 0.29) is 17.9 Å². The van der Waals surface area contributed by atoms with Crippen molar-refractivity contribution in [2.24, 2.45) is 29.6 Å². The number of hydrogen-bond acceptors (Lipinski definition) is 9. The van der Waals surface area contributed by atoms with Crippen molar-refractivity contribution in [3.05, 3.63) is 0 Å². The predicted octanol–water partition coefficient (Wildman–Crippen LogP) is 2.59. The highest BCUT2D eigenvalue weighted by Gasteiger charge is 2.41. The molecule has 0 aromatic rings. The molecule has 0 aromatic heterocycles. The van der Waals surface area contributed by atoms with Crippen molar-refractivity contribution in [2.45, 2.75) is 121 Å². The normalized spacial score (nSPS) is 38.0. The van der Waals surface area contributed by atoms with Crippen LogP contribution in [0.4, 0.5) is 0 Å². The summed E-state index contributed by atoms with van der Waals surface area (Å²) >= 11 is 0. The van der Waals surface area contributed by atoms with Gasteiger partial charge in [0.05, 0.1) is 43.9 Å². The summed E-state index contributed by atoms with van der Waals surface area (Å²) in [6, 6.07) is 0.355. The third kappa shape index (κ3) is 9.65. The summed E-state index contributed by atoms with van der Waals surface area (Å²) in [6.07, 6.45) is 12.7. The van der Waals surface area contributed by atoms with Gasteiger partial charge in [0.15, 0.2) is 0 Å². The number of rotatable bonds is 12. The molecule has 4 heterocycles. The summed E-state index contributed by atoms with van der Waals surface area (Å²) in [5.74, 6) is 2.92. The molecule has 4 N–H and O–H groups in total. The summed E-state index contributed by atoms with van der Waals surface area (Å²) in [7, 11) is 0. The minimum atomic E-state index is -0.528. The fourth-order valence-electron chi connectivity index (χ4n) is 9.53. The number of nitrogens with one attached hydrogen (secondary N) is 3. The Balaban J connectivity index is 0.820. The van der Waals surface area contributed by atoms with Crippen LogP contribution in [0.5, 0.6) is 0 Å². The molecule has 0 bridgehead atoms. The highest BCUT2D eigenvalue weighted by Crippen LogP contribution is 2.41. The second-order valence-corrected chi connectivity index (χ2v) is 15.8. The quantitative estimate of drug-likeness (QED) is 0.254. The first-order chi connectivity index (χ1) is 22.4. The Hall–Kier alpha value is -0.850. The molecule has 2 saturated carbocycles. The number of fused-ring (bicyclic) bond motifs is 1. The van der Waals surface area contributed by atoms with Crippen molar-refractivity contribution < 1.29 is 24.1 Å². The largest absolute Gasteiger partial charge is 0.390 e. The monoisotopic (exact) mass is 647 g/mol. The molecule has 10 nitrogen and oxygen atoms in total. The van der Waals surface area contributed by atoms with Gasteiger partial charge in [0.2, 0.25) is 5.91 Å². The van der Waals surface area contributed by atoms with Crippen LogP contribution in [0.3, 0.4) is 0 Å². The summed E-state index contributed by atoms with van der Waals surface area (Å²) in [5.41, 5.74) is 0. The van der Waals surface area contributed by atoms with Crippen LogP contribution < -0.4 is 16.0 Å². The number of aliphatic hydroxyl groups is 1. The number of carbonyl (C=O) groups is 1. The van der Waals surface area contributed by atoms with E-state index in [2.05, 4.69) is 39.6 Å². The number of piperidine rings is 3. The second-order valence-electron chi connectivity index (χ2n) is 15.8. The lowest BCUT2D eigenvalue weighted by Crippen LogP contribution is -2.51. The average Bonchev–Trinajstić information content (AvgIpc) is 3.49. The van der Waals surface area contributed by atoms with Gasteiger partial charge in [0, 0.05) is 51.2 Å². The van der Waals surface area contributed by atoms with Gasteiger partial charge in [-0.15, -0.1) is 0 Å². The lowest BCUT2D eigenvalue weighted by molar-refractivity contribution is -0.128. The Bertz CT molecular complexity index is 922. The van der Waals surface area contributed by atoms with Crippen molar-refractivity contribution in [1.82, 2.24) is 25.8 Å². The van der Waals surface area contributed by atoms with Crippen LogP contribution in [0.15, 0.2) is 0 Å². The van der Waals surface area contributed by atoms with E-state index in [1.807, 2.05) is 0 Å². The first-order valence-corrected chi connectivity index (χ1v) is 19.1. The predicted molar refractivity (Wildman–Crippen MR) is 179 cm³/mol. The molecule has 4 aliphatic heterocycles. The van der Waals surface area contributed by atoms with E-state index < -0.39 is 6.10 Å². The van der Waals surface area contributed by atoms with E-state index >= 15 is 0 Å². The van der Waals surface area contributed by atoms with Crippen LogP contribution in [-0.2, 0) is 19.0 Å². The van der Waals surface area contributed by atoms with E-state index in [1.165, 1.54) is 38.9 Å². The highest BCUT2D eigenvalue weighted by molar-refractivity contribution is 5.78. The van der Waals surface area contributed by atoms with Crippen molar-refractivity contribution in [3.63, 3.8) is 0 Å². The minimum absolute atomic E-state index is 0.0493. The van der Waals surface area contributed by atoms with Crippen LogP contribution in [0.25, 0.3) is 0 Å². The fraction of sp³-hybridized carbons (Fsp3) is 0.972. The summed E-state index contributed by atoms with van der Waals surface area (Å²) in [6.45, 7) is 14.8. The number of nitrogens with zero attached hydrogens (tertiary/aromatic N) is 2. The number of aliphatic hydroxyl groups excluding tert-OH is 1. The Labute approximate surface area is 278 Å². The van der Waals surface area contributed by atoms with Gasteiger partial charge in [-0.3, -0.25) is 10.1 Å². The maximum absolute atomic E-state index is 13.0. The fourth-order valence-corrected chi connectivity index (χ4v) is 9.53. The first-order valence-electron chi connectivity index (χ1n) is 19.1. The van der Waals surface area contributed by atoms with Crippen LogP contribution in [-0.4, -0.2) is 130 Å². The number of ether oxygens (including phenoxy) is 3. The molecule has 7 atom stereocenters. The van der Waals surface area contributed by atoms with E-state index in [9.17, 15) is 9.90 Å². The number of amides is 1. The van der Waals surface area contributed by atoms with Gasteiger partial charge < -0.3 is 39.8 Å². The number of hydrogen-bond donors (Lipinski definition) is 4. The summed E-state index contributed by atoms with van der Waals surface area (Å²) in [4.78, 5) is 18.1. The SMILES string of the molecule is CC1NCOC1COC1CCC2CN(C[C@@H](O)CNC(=O)C3CCC(OC4CCN(CC5CCNCC5)CC4)CC3)CCC2C1C. The van der Waals surface area contributed by atoms with Crippen LogP contribution in [0, 0.1) is 29.6 Å². The molecule has 6 rings (SSSR count). The standard InChI is InChI=1S/C36H65N5O5/c1-25-33-13-18-41(21-29(33)5-8-34(25)44-23-35-26(2)39-24-45-35)22-30(42)19-38-36(43)28-3-6-31(7-4-28)46-32-11-16-40(17-12-32)20-27-9-14-37-15-10-27/h25-35,37,39,42H,3-24H2,1-2H3,(H,38,43)/t25?,26?,28?,29?,30-,31?,33?,34?,35?/m0/s1. The zero-order valence-corrected chi connectivity index (χ0v) is 28.9. The molecule has 0 aromatic carbocycles. The van der Waals surface area contributed by atoms with Crippen LogP contribution in [0.1, 0.15) is 84.5 Å². The first kappa shape index (κ1) is 35.0. The Kier molecular flexibility index (Phi) is 13.1. The van der Waals surface area contributed by atoms with E-state index in [4.69, 9.17) is 14.2 Å². The molecule has 0 radical (unpaired) electrons. The lowest BCUT2D eigenvalue weighted by Gasteiger charge is -2.47. The van der Waals surface area contributed by atoms with Gasteiger partial charge in [-0.1, -0.05) is 6.92 Å². The van der Waals surface area contributed by atoms with E-state index in [0.29, 0.717) is 68.5 Å². The molecular formula is C36H65N5O5. The zero-order valence-electron chi connectivity index (χ0n) is 28.9. The molecule has 2 aliphatic carbocycles. The van der Waals surface area contributed by atoms with Crippen LogP contribution >= 0.6 is 0 Å². The van der Waals surface area contributed by atoms with Gasteiger partial charge >= 0.3 is 0 Å². The van der Waals surface area contributed by atoms with Crippen molar-refractivity contribution in [2.75, 3.05) is 72.2 Å².